The second-order valence-corrected chi connectivity index (χ2v) is 2.85. The molecule has 0 aliphatic carbocycles. The molecule has 12 heavy (non-hydrogen) atoms. The lowest BCUT2D eigenvalue weighted by atomic mass is 10.0. The van der Waals surface area contributed by atoms with Crippen molar-refractivity contribution in [1.82, 2.24) is 0 Å². The number of nitrogens with two attached hydrogens (primary N) is 1. The lowest BCUT2D eigenvalue weighted by Crippen LogP contribution is -1.99. The zero-order valence-corrected chi connectivity index (χ0v) is 7.67. The molecule has 64 valence electrons. The van der Waals surface area contributed by atoms with E-state index < -0.39 is 0 Å². The van der Waals surface area contributed by atoms with E-state index in [0.29, 0.717) is 6.54 Å². The first-order valence-electron chi connectivity index (χ1n) is 4.21. The standard InChI is InChI=1S/C11H15N/c1-3-5-11-9(2)6-4-7-10(11)8-12/h3-7H,8,12H2,1-2H3/b5-3-. The van der Waals surface area contributed by atoms with Gasteiger partial charge < -0.3 is 5.73 Å². The third kappa shape index (κ3) is 1.74. The summed E-state index contributed by atoms with van der Waals surface area (Å²) in [6.45, 7) is 4.74. The minimum absolute atomic E-state index is 0.612. The first kappa shape index (κ1) is 9.01. The zero-order chi connectivity index (χ0) is 8.97. The maximum Gasteiger partial charge on any atom is 0.0184 e. The molecule has 0 spiro atoms. The largest absolute Gasteiger partial charge is 0.326 e. The van der Waals surface area contributed by atoms with Crippen molar-refractivity contribution in [3.63, 3.8) is 0 Å². The number of hydrogen-bond acceptors (Lipinski definition) is 1. The van der Waals surface area contributed by atoms with E-state index in [1.54, 1.807) is 0 Å². The molecule has 1 rings (SSSR count). The van der Waals surface area contributed by atoms with Gasteiger partial charge in [-0.1, -0.05) is 30.4 Å². The van der Waals surface area contributed by atoms with Crippen molar-refractivity contribution in [2.45, 2.75) is 20.4 Å². The van der Waals surface area contributed by atoms with E-state index in [9.17, 15) is 0 Å². The lowest BCUT2D eigenvalue weighted by molar-refractivity contribution is 1.06. The first-order chi connectivity index (χ1) is 5.79. The highest BCUT2D eigenvalue weighted by atomic mass is 14.5. The van der Waals surface area contributed by atoms with Gasteiger partial charge in [0.25, 0.3) is 0 Å². The minimum Gasteiger partial charge on any atom is -0.326 e. The van der Waals surface area contributed by atoms with Crippen LogP contribution in [0.25, 0.3) is 6.08 Å². The summed E-state index contributed by atoms with van der Waals surface area (Å²) in [4.78, 5) is 0. The van der Waals surface area contributed by atoms with Crippen LogP contribution in [0, 0.1) is 6.92 Å². The fourth-order valence-corrected chi connectivity index (χ4v) is 1.32. The third-order valence-electron chi connectivity index (χ3n) is 1.97. The molecule has 0 saturated heterocycles. The second-order valence-electron chi connectivity index (χ2n) is 2.85. The molecule has 0 aromatic heterocycles. The van der Waals surface area contributed by atoms with Gasteiger partial charge in [-0.25, -0.2) is 0 Å². The van der Waals surface area contributed by atoms with Gasteiger partial charge in [0.2, 0.25) is 0 Å². The van der Waals surface area contributed by atoms with Crippen LogP contribution in [0.4, 0.5) is 0 Å². The molecule has 1 aromatic rings. The van der Waals surface area contributed by atoms with Crippen molar-refractivity contribution < 1.29 is 0 Å². The molecule has 1 heteroatoms. The number of hydrogen-bond donors (Lipinski definition) is 1. The predicted molar refractivity (Wildman–Crippen MR) is 53.8 cm³/mol. The smallest absolute Gasteiger partial charge is 0.0184 e. The zero-order valence-electron chi connectivity index (χ0n) is 7.67. The van der Waals surface area contributed by atoms with Gasteiger partial charge in [-0.05, 0) is 30.5 Å². The van der Waals surface area contributed by atoms with Crippen LogP contribution < -0.4 is 5.73 Å². The average Bonchev–Trinajstić information content (AvgIpc) is 2.09. The van der Waals surface area contributed by atoms with Crippen LogP contribution in [0.15, 0.2) is 24.3 Å². The van der Waals surface area contributed by atoms with Crippen LogP contribution in [0.5, 0.6) is 0 Å². The van der Waals surface area contributed by atoms with Crippen LogP contribution in [0.3, 0.4) is 0 Å². The Hall–Kier alpha value is -1.08. The fourth-order valence-electron chi connectivity index (χ4n) is 1.32. The van der Waals surface area contributed by atoms with Crippen molar-refractivity contribution in [2.24, 2.45) is 5.73 Å². The highest BCUT2D eigenvalue weighted by Crippen LogP contribution is 2.15. The highest BCUT2D eigenvalue weighted by molar-refractivity contribution is 5.57. The van der Waals surface area contributed by atoms with Gasteiger partial charge in [-0.3, -0.25) is 0 Å². The Kier molecular flexibility index (Phi) is 3.06. The van der Waals surface area contributed by atoms with Crippen LogP contribution in [0.1, 0.15) is 23.6 Å². The summed E-state index contributed by atoms with van der Waals surface area (Å²) in [5, 5.41) is 0. The third-order valence-corrected chi connectivity index (χ3v) is 1.97. The Morgan fingerprint density at radius 2 is 2.17 bits per heavy atom. The van der Waals surface area contributed by atoms with Crippen LogP contribution in [-0.2, 0) is 6.54 Å². The van der Waals surface area contributed by atoms with Gasteiger partial charge in [-0.2, -0.15) is 0 Å². The molecule has 0 aliphatic rings. The number of benzene rings is 1. The van der Waals surface area contributed by atoms with E-state index in [1.165, 1.54) is 16.7 Å². The number of rotatable bonds is 2. The molecule has 0 amide bonds. The molecule has 2 N–H and O–H groups in total. The van der Waals surface area contributed by atoms with Crippen LogP contribution >= 0.6 is 0 Å². The molecular formula is C11H15N. The van der Waals surface area contributed by atoms with Gasteiger partial charge >= 0.3 is 0 Å². The molecular weight excluding hydrogens is 146 g/mol. The quantitative estimate of drug-likeness (QED) is 0.708. The van der Waals surface area contributed by atoms with Crippen molar-refractivity contribution in [3.05, 3.63) is 41.0 Å². The topological polar surface area (TPSA) is 26.0 Å². The molecule has 1 aromatic carbocycles. The Morgan fingerprint density at radius 1 is 1.42 bits per heavy atom. The molecule has 0 fully saturated rings. The SMILES string of the molecule is C/C=C\c1c(C)cccc1CN. The van der Waals surface area contributed by atoms with Crippen LogP contribution in [-0.4, -0.2) is 0 Å². The maximum absolute atomic E-state index is 5.62. The Balaban J connectivity index is 3.19. The summed E-state index contributed by atoms with van der Waals surface area (Å²) < 4.78 is 0. The fraction of sp³-hybridized carbons (Fsp3) is 0.273. The van der Waals surface area contributed by atoms with Crippen molar-refractivity contribution in [2.75, 3.05) is 0 Å². The highest BCUT2D eigenvalue weighted by Gasteiger charge is 1.98. The first-order valence-corrected chi connectivity index (χ1v) is 4.21. The van der Waals surface area contributed by atoms with Gasteiger partial charge in [0, 0.05) is 6.54 Å². The molecule has 0 bridgehead atoms. The normalized spacial score (nSPS) is 10.9. The molecule has 0 unspecified atom stereocenters. The number of aryl methyl sites for hydroxylation is 1. The van der Waals surface area contributed by atoms with Gasteiger partial charge in [0.1, 0.15) is 0 Å². The van der Waals surface area contributed by atoms with Crippen LogP contribution in [0.2, 0.25) is 0 Å². The van der Waals surface area contributed by atoms with E-state index in [0.717, 1.165) is 0 Å². The van der Waals surface area contributed by atoms with E-state index in [4.69, 9.17) is 5.73 Å². The Bertz CT molecular complexity index is 287. The van der Waals surface area contributed by atoms with E-state index in [2.05, 4.69) is 25.1 Å². The average molecular weight is 161 g/mol. The predicted octanol–water partition coefficient (Wildman–Crippen LogP) is 2.49. The summed E-state index contributed by atoms with van der Waals surface area (Å²) in [6.07, 6.45) is 4.15. The lowest BCUT2D eigenvalue weighted by Gasteiger charge is -2.05. The number of allylic oxidation sites excluding steroid dienone is 1. The molecule has 0 saturated carbocycles. The Labute approximate surface area is 73.9 Å². The minimum atomic E-state index is 0.612. The second kappa shape index (κ2) is 4.07. The molecule has 0 aliphatic heterocycles. The van der Waals surface area contributed by atoms with Crippen molar-refractivity contribution in [1.29, 1.82) is 0 Å². The van der Waals surface area contributed by atoms with Gasteiger partial charge in [-0.15, -0.1) is 0 Å². The van der Waals surface area contributed by atoms with Crippen molar-refractivity contribution in [3.8, 4) is 0 Å². The Morgan fingerprint density at radius 3 is 2.75 bits per heavy atom. The van der Waals surface area contributed by atoms with Gasteiger partial charge in [0.05, 0.1) is 0 Å². The summed E-state index contributed by atoms with van der Waals surface area (Å²) in [5.74, 6) is 0. The van der Waals surface area contributed by atoms with Crippen molar-refractivity contribution >= 4 is 6.08 Å². The molecule has 0 radical (unpaired) electrons. The molecule has 0 atom stereocenters. The van der Waals surface area contributed by atoms with Gasteiger partial charge in [0.15, 0.2) is 0 Å². The maximum atomic E-state index is 5.62. The van der Waals surface area contributed by atoms with E-state index >= 15 is 0 Å². The van der Waals surface area contributed by atoms with E-state index in [1.807, 2.05) is 19.1 Å². The molecule has 1 nitrogen and oxygen atoms in total. The summed E-state index contributed by atoms with van der Waals surface area (Å²) in [5.41, 5.74) is 9.39. The van der Waals surface area contributed by atoms with E-state index in [-0.39, 0.29) is 0 Å². The summed E-state index contributed by atoms with van der Waals surface area (Å²) >= 11 is 0. The summed E-state index contributed by atoms with van der Waals surface area (Å²) in [7, 11) is 0. The monoisotopic (exact) mass is 161 g/mol. The molecule has 0 heterocycles. The summed E-state index contributed by atoms with van der Waals surface area (Å²) in [6, 6.07) is 6.22.